The Morgan fingerprint density at radius 1 is 1.44 bits per heavy atom. The number of aryl methyl sites for hydroxylation is 1. The number of fused-ring (bicyclic) bond motifs is 1. The van der Waals surface area contributed by atoms with E-state index < -0.39 is 0 Å². The molecule has 1 heterocycles. The predicted octanol–water partition coefficient (Wildman–Crippen LogP) is 2.12. The first-order chi connectivity index (χ1) is 7.77. The Balaban J connectivity index is 2.08. The zero-order valence-electron chi connectivity index (χ0n) is 9.59. The number of imidazole rings is 1. The number of nitrogens with one attached hydrogen (secondary N) is 1. The van der Waals surface area contributed by atoms with Crippen molar-refractivity contribution in [2.45, 2.75) is 31.6 Å². The van der Waals surface area contributed by atoms with Crippen LogP contribution in [0.1, 0.15) is 31.2 Å². The summed E-state index contributed by atoms with van der Waals surface area (Å²) in [5, 5.41) is 0. The summed E-state index contributed by atoms with van der Waals surface area (Å²) in [6, 6.07) is 6.51. The second kappa shape index (κ2) is 3.32. The first kappa shape index (κ1) is 9.85. The monoisotopic (exact) mass is 215 g/mol. The first-order valence-corrected chi connectivity index (χ1v) is 5.96. The van der Waals surface area contributed by atoms with Crippen LogP contribution in [-0.4, -0.2) is 16.5 Å². The summed E-state index contributed by atoms with van der Waals surface area (Å²) in [7, 11) is 0. The van der Waals surface area contributed by atoms with Gasteiger partial charge in [-0.25, -0.2) is 4.98 Å². The minimum Gasteiger partial charge on any atom is -0.342 e. The highest BCUT2D eigenvalue weighted by Crippen LogP contribution is 2.47. The topological polar surface area (TPSA) is 54.7 Å². The van der Waals surface area contributed by atoms with Gasteiger partial charge in [-0.3, -0.25) is 0 Å². The summed E-state index contributed by atoms with van der Waals surface area (Å²) < 4.78 is 0. The number of benzene rings is 1. The molecule has 1 aliphatic rings. The van der Waals surface area contributed by atoms with Crippen molar-refractivity contribution in [3.05, 3.63) is 29.6 Å². The molecule has 0 unspecified atom stereocenters. The van der Waals surface area contributed by atoms with Crippen molar-refractivity contribution in [1.82, 2.24) is 9.97 Å². The molecular formula is C13H17N3. The number of hydrogen-bond donors (Lipinski definition) is 2. The lowest BCUT2D eigenvalue weighted by molar-refractivity contribution is 0.706. The van der Waals surface area contributed by atoms with Gasteiger partial charge in [0.25, 0.3) is 0 Å². The van der Waals surface area contributed by atoms with E-state index in [9.17, 15) is 0 Å². The van der Waals surface area contributed by atoms with Crippen LogP contribution in [0.3, 0.4) is 0 Å². The molecule has 1 aromatic carbocycles. The van der Waals surface area contributed by atoms with E-state index in [-0.39, 0.29) is 5.41 Å². The summed E-state index contributed by atoms with van der Waals surface area (Å²) in [6.07, 6.45) is 3.40. The van der Waals surface area contributed by atoms with Gasteiger partial charge in [0.1, 0.15) is 5.82 Å². The van der Waals surface area contributed by atoms with Gasteiger partial charge in [0.15, 0.2) is 0 Å². The van der Waals surface area contributed by atoms with E-state index in [0.717, 1.165) is 29.8 Å². The molecule has 0 spiro atoms. The number of H-pyrrole nitrogens is 1. The Hall–Kier alpha value is -1.35. The van der Waals surface area contributed by atoms with E-state index in [4.69, 9.17) is 5.73 Å². The highest BCUT2D eigenvalue weighted by Gasteiger charge is 2.42. The summed E-state index contributed by atoms with van der Waals surface area (Å²) in [4.78, 5) is 7.87. The molecule has 0 aliphatic heterocycles. The Bertz CT molecular complexity index is 523. The summed E-state index contributed by atoms with van der Waals surface area (Å²) in [6.45, 7) is 2.87. The molecule has 1 aliphatic carbocycles. The summed E-state index contributed by atoms with van der Waals surface area (Å²) in [5.41, 5.74) is 9.70. The molecule has 3 heteroatoms. The van der Waals surface area contributed by atoms with E-state index in [0.29, 0.717) is 0 Å². The number of nitrogens with two attached hydrogens (primary N) is 1. The average Bonchev–Trinajstić information content (AvgIpc) is 3.01. The zero-order chi connectivity index (χ0) is 11.2. The SMILES string of the molecule is CCc1nc2ccc(C3(CN)CC3)cc2[nH]1. The normalized spacial score (nSPS) is 17.9. The number of aromatic nitrogens is 2. The van der Waals surface area contributed by atoms with Crippen LogP contribution in [0.4, 0.5) is 0 Å². The second-order valence-electron chi connectivity index (χ2n) is 4.75. The van der Waals surface area contributed by atoms with E-state index in [2.05, 4.69) is 35.1 Å². The molecule has 1 saturated carbocycles. The molecular weight excluding hydrogens is 198 g/mol. The van der Waals surface area contributed by atoms with Crippen molar-refractivity contribution in [1.29, 1.82) is 0 Å². The van der Waals surface area contributed by atoms with Crippen molar-refractivity contribution in [2.75, 3.05) is 6.54 Å². The largest absolute Gasteiger partial charge is 0.342 e. The van der Waals surface area contributed by atoms with Gasteiger partial charge in [-0.1, -0.05) is 13.0 Å². The molecule has 0 atom stereocenters. The van der Waals surface area contributed by atoms with E-state index >= 15 is 0 Å². The molecule has 3 N–H and O–H groups in total. The summed E-state index contributed by atoms with van der Waals surface area (Å²) >= 11 is 0. The fourth-order valence-electron chi connectivity index (χ4n) is 2.32. The van der Waals surface area contributed by atoms with Crippen LogP contribution < -0.4 is 5.73 Å². The lowest BCUT2D eigenvalue weighted by atomic mass is 9.96. The average molecular weight is 215 g/mol. The van der Waals surface area contributed by atoms with Gasteiger partial charge in [-0.15, -0.1) is 0 Å². The van der Waals surface area contributed by atoms with Crippen LogP contribution in [0.15, 0.2) is 18.2 Å². The first-order valence-electron chi connectivity index (χ1n) is 5.96. The molecule has 0 amide bonds. The fourth-order valence-corrected chi connectivity index (χ4v) is 2.32. The molecule has 3 nitrogen and oxygen atoms in total. The van der Waals surface area contributed by atoms with Crippen LogP contribution in [0.5, 0.6) is 0 Å². The summed E-state index contributed by atoms with van der Waals surface area (Å²) in [5.74, 6) is 1.06. The third kappa shape index (κ3) is 1.35. The molecule has 0 saturated heterocycles. The third-order valence-electron chi connectivity index (χ3n) is 3.72. The minimum absolute atomic E-state index is 0.270. The fraction of sp³-hybridized carbons (Fsp3) is 0.462. The number of hydrogen-bond acceptors (Lipinski definition) is 2. The molecule has 1 aromatic heterocycles. The van der Waals surface area contributed by atoms with Gasteiger partial charge in [0.2, 0.25) is 0 Å². The van der Waals surface area contributed by atoms with Crippen LogP contribution in [0.2, 0.25) is 0 Å². The van der Waals surface area contributed by atoms with Crippen LogP contribution >= 0.6 is 0 Å². The van der Waals surface area contributed by atoms with E-state index in [1.807, 2.05) is 0 Å². The Kier molecular flexibility index (Phi) is 2.04. The minimum atomic E-state index is 0.270. The van der Waals surface area contributed by atoms with Gasteiger partial charge in [0, 0.05) is 18.4 Å². The maximum Gasteiger partial charge on any atom is 0.106 e. The van der Waals surface area contributed by atoms with Crippen LogP contribution in [0, 0.1) is 0 Å². The molecule has 16 heavy (non-hydrogen) atoms. The molecule has 1 fully saturated rings. The predicted molar refractivity (Wildman–Crippen MR) is 65.4 cm³/mol. The van der Waals surface area contributed by atoms with Crippen molar-refractivity contribution in [3.8, 4) is 0 Å². The lowest BCUT2D eigenvalue weighted by Crippen LogP contribution is -2.19. The highest BCUT2D eigenvalue weighted by molar-refractivity contribution is 5.76. The highest BCUT2D eigenvalue weighted by atomic mass is 14.9. The quantitative estimate of drug-likeness (QED) is 0.824. The van der Waals surface area contributed by atoms with Gasteiger partial charge >= 0.3 is 0 Å². The lowest BCUT2D eigenvalue weighted by Gasteiger charge is -2.12. The molecule has 0 radical (unpaired) electrons. The Morgan fingerprint density at radius 2 is 2.25 bits per heavy atom. The zero-order valence-corrected chi connectivity index (χ0v) is 9.59. The van der Waals surface area contributed by atoms with Crippen molar-refractivity contribution in [3.63, 3.8) is 0 Å². The van der Waals surface area contributed by atoms with Gasteiger partial charge in [-0.2, -0.15) is 0 Å². The van der Waals surface area contributed by atoms with E-state index in [1.54, 1.807) is 0 Å². The molecule has 2 aromatic rings. The van der Waals surface area contributed by atoms with Crippen molar-refractivity contribution in [2.24, 2.45) is 5.73 Å². The van der Waals surface area contributed by atoms with Crippen LogP contribution in [-0.2, 0) is 11.8 Å². The van der Waals surface area contributed by atoms with Crippen molar-refractivity contribution < 1.29 is 0 Å². The third-order valence-corrected chi connectivity index (χ3v) is 3.72. The number of nitrogens with zero attached hydrogens (tertiary/aromatic N) is 1. The smallest absolute Gasteiger partial charge is 0.106 e. The standard InChI is InChI=1S/C13H17N3/c1-2-12-15-10-4-3-9(7-11(10)16-12)13(8-14)5-6-13/h3-4,7H,2,5-6,8,14H2,1H3,(H,15,16). The second-order valence-corrected chi connectivity index (χ2v) is 4.75. The number of aromatic amines is 1. The Labute approximate surface area is 95.1 Å². The van der Waals surface area contributed by atoms with Crippen LogP contribution in [0.25, 0.3) is 11.0 Å². The number of rotatable bonds is 3. The Morgan fingerprint density at radius 3 is 2.88 bits per heavy atom. The van der Waals surface area contributed by atoms with E-state index in [1.165, 1.54) is 18.4 Å². The van der Waals surface area contributed by atoms with Gasteiger partial charge < -0.3 is 10.7 Å². The molecule has 84 valence electrons. The molecule has 3 rings (SSSR count). The maximum absolute atomic E-state index is 5.85. The van der Waals surface area contributed by atoms with Gasteiger partial charge in [0.05, 0.1) is 11.0 Å². The van der Waals surface area contributed by atoms with Crippen molar-refractivity contribution >= 4 is 11.0 Å². The molecule has 0 bridgehead atoms. The van der Waals surface area contributed by atoms with Gasteiger partial charge in [-0.05, 0) is 30.5 Å². The maximum atomic E-state index is 5.85.